The van der Waals surface area contributed by atoms with Crippen LogP contribution in [-0.2, 0) is 12.4 Å². The maximum Gasteiger partial charge on any atom is 0.423 e. The minimum atomic E-state index is -4.88. The highest BCUT2D eigenvalue weighted by Gasteiger charge is 2.40. The number of anilines is 2. The number of hydrogen-bond acceptors (Lipinski definition) is 9. The van der Waals surface area contributed by atoms with E-state index in [2.05, 4.69) is 25.4 Å². The van der Waals surface area contributed by atoms with Crippen LogP contribution < -0.4 is 15.8 Å². The number of β-amino-alcohol motifs (C(OH)–C–C–N with tert-alkyl or cyclic N) is 1. The average Bonchev–Trinajstić information content (AvgIpc) is 2.93. The predicted octanol–water partition coefficient (Wildman–Crippen LogP) is 4.27. The molecule has 3 heterocycles. The van der Waals surface area contributed by atoms with E-state index in [0.717, 1.165) is 18.3 Å². The van der Waals surface area contributed by atoms with E-state index in [0.29, 0.717) is 31.9 Å². The molecule has 1 saturated heterocycles. The summed E-state index contributed by atoms with van der Waals surface area (Å²) in [6, 6.07) is 1.50. The van der Waals surface area contributed by atoms with Crippen LogP contribution in [0.15, 0.2) is 34.3 Å². The van der Waals surface area contributed by atoms with Gasteiger partial charge in [-0.15, -0.1) is 0 Å². The summed E-state index contributed by atoms with van der Waals surface area (Å²) in [5.74, 6) is -1.87. The largest absolute Gasteiger partial charge is 0.423 e. The van der Waals surface area contributed by atoms with Crippen LogP contribution in [0, 0.1) is 5.82 Å². The molecule has 18 heteroatoms. The molecule has 0 saturated carbocycles. The second-order valence-corrected chi connectivity index (χ2v) is 10.4. The first-order valence-corrected chi connectivity index (χ1v) is 13.4. The first-order valence-electron chi connectivity index (χ1n) is 13.4. The number of halogens is 7. The Bertz CT molecular complexity index is 1620. The van der Waals surface area contributed by atoms with Crippen molar-refractivity contribution in [1.29, 1.82) is 0 Å². The predicted molar refractivity (Wildman–Crippen MR) is 149 cm³/mol. The molecule has 0 amide bonds. The molecule has 0 bridgehead atoms. The average molecular weight is 645 g/mol. The van der Waals surface area contributed by atoms with Crippen molar-refractivity contribution in [3.05, 3.63) is 57.4 Å². The van der Waals surface area contributed by atoms with Gasteiger partial charge in [-0.2, -0.15) is 31.4 Å². The van der Waals surface area contributed by atoms with Gasteiger partial charge in [-0.1, -0.05) is 0 Å². The number of nitrogens with one attached hydrogen (secondary N) is 2. The van der Waals surface area contributed by atoms with Gasteiger partial charge in [0.15, 0.2) is 12.1 Å². The molecule has 3 N–H and O–H groups in total. The van der Waals surface area contributed by atoms with E-state index in [9.17, 15) is 45.4 Å². The molecule has 3 aromatic rings. The van der Waals surface area contributed by atoms with E-state index in [4.69, 9.17) is 0 Å². The number of aldehydes is 1. The molecular formula is C27H27F7N8O3. The Balaban J connectivity index is 1.46. The lowest BCUT2D eigenvalue weighted by atomic mass is 10.1. The summed E-state index contributed by atoms with van der Waals surface area (Å²) in [6.45, 7) is 1.79. The van der Waals surface area contributed by atoms with Gasteiger partial charge >= 0.3 is 12.4 Å². The molecule has 0 aliphatic carbocycles. The molecule has 242 valence electrons. The van der Waals surface area contributed by atoms with E-state index < -0.39 is 58.5 Å². The smallest absolute Gasteiger partial charge is 0.389 e. The third-order valence-corrected chi connectivity index (χ3v) is 6.80. The van der Waals surface area contributed by atoms with Crippen molar-refractivity contribution in [2.24, 2.45) is 4.99 Å². The van der Waals surface area contributed by atoms with Crippen LogP contribution in [0.5, 0.6) is 0 Å². The van der Waals surface area contributed by atoms with Crippen LogP contribution in [0.4, 0.5) is 47.9 Å². The molecule has 4 rings (SSSR count). The van der Waals surface area contributed by atoms with Gasteiger partial charge in [0.25, 0.3) is 5.56 Å². The molecule has 1 atom stereocenters. The highest BCUT2D eigenvalue weighted by Crippen LogP contribution is 2.38. The van der Waals surface area contributed by atoms with Crippen LogP contribution in [0.25, 0.3) is 11.4 Å². The topological polar surface area (TPSA) is 140 Å². The third kappa shape index (κ3) is 7.92. The Hall–Kier alpha value is -4.61. The normalized spacial score (nSPS) is 14.8. The summed E-state index contributed by atoms with van der Waals surface area (Å²) in [5, 5.41) is 17.4. The number of nitrogens with zero attached hydrogens (tertiary/aromatic N) is 6. The summed E-state index contributed by atoms with van der Waals surface area (Å²) in [4.78, 5) is 37.9. The molecule has 1 aliphatic heterocycles. The number of H-pyrrole nitrogens is 1. The molecule has 2 aromatic heterocycles. The molecule has 0 unspecified atom stereocenters. The Labute approximate surface area is 250 Å². The number of hydrogen-bond donors (Lipinski definition) is 3. The molecule has 1 fully saturated rings. The zero-order chi connectivity index (χ0) is 33.1. The van der Waals surface area contributed by atoms with Gasteiger partial charge in [-0.05, 0) is 31.9 Å². The van der Waals surface area contributed by atoms with E-state index in [1.165, 1.54) is 11.2 Å². The summed E-state index contributed by atoms with van der Waals surface area (Å²) in [6.07, 6.45) is -6.59. The van der Waals surface area contributed by atoms with E-state index >= 15 is 0 Å². The second kappa shape index (κ2) is 13.2. The standard InChI is InChI=1S/C27H27F7N8O3/c1-14(38-21-9-37-40-25(45)22(21)27(32,33)34)4-3-5-41(2)13-36-20-7-17(19(28)6-15(20)12-43)23-35-8-18(26(29,30)31)24(39-23)42-10-16(44)11-42/h6-9,12-14,16,44H,3-5,10-11H2,1-2H3,(H2,38,40,45)/t14-/m0/s1. The molecule has 11 nitrogen and oxygen atoms in total. The van der Waals surface area contributed by atoms with E-state index in [1.807, 2.05) is 0 Å². The highest BCUT2D eigenvalue weighted by molar-refractivity contribution is 5.86. The van der Waals surface area contributed by atoms with Crippen LogP contribution in [0.3, 0.4) is 0 Å². The number of aliphatic imine (C=N–C) groups is 1. The molecule has 1 aromatic carbocycles. The van der Waals surface area contributed by atoms with Crippen molar-refractivity contribution in [1.82, 2.24) is 25.1 Å². The Kier molecular flexibility index (Phi) is 9.74. The number of carbonyl (C=O) groups is 1. The van der Waals surface area contributed by atoms with Gasteiger partial charge < -0.3 is 20.2 Å². The minimum absolute atomic E-state index is 0.0193. The third-order valence-electron chi connectivity index (χ3n) is 6.80. The molecule has 0 radical (unpaired) electrons. The summed E-state index contributed by atoms with van der Waals surface area (Å²) in [7, 11) is 1.63. The zero-order valence-corrected chi connectivity index (χ0v) is 23.7. The number of aliphatic hydroxyl groups is 1. The fraction of sp³-hybridized carbons (Fsp3) is 0.407. The van der Waals surface area contributed by atoms with Crippen molar-refractivity contribution in [3.8, 4) is 11.4 Å². The number of carbonyl (C=O) groups excluding carboxylic acids is 1. The van der Waals surface area contributed by atoms with Crippen molar-refractivity contribution in [3.63, 3.8) is 0 Å². The molecule has 1 aliphatic rings. The van der Waals surface area contributed by atoms with Gasteiger partial charge in [0.2, 0.25) is 0 Å². The number of aromatic nitrogens is 4. The summed E-state index contributed by atoms with van der Waals surface area (Å²) >= 11 is 0. The fourth-order valence-electron chi connectivity index (χ4n) is 4.52. The SMILES string of the molecule is C[C@@H](CCCN(C)C=Nc1cc(-c2ncc(C(F)(F)F)c(N3CC(O)C3)n2)c(F)cc1C=O)Nc1cn[nH]c(=O)c1C(F)(F)F. The molecular weight excluding hydrogens is 617 g/mol. The summed E-state index contributed by atoms with van der Waals surface area (Å²) < 4.78 is 95.4. The fourth-order valence-corrected chi connectivity index (χ4v) is 4.52. The van der Waals surface area contributed by atoms with E-state index in [1.54, 1.807) is 24.0 Å². The van der Waals surface area contributed by atoms with Crippen molar-refractivity contribution in [2.75, 3.05) is 36.9 Å². The number of benzene rings is 1. The molecule has 0 spiro atoms. The quantitative estimate of drug-likeness (QED) is 0.121. The first kappa shape index (κ1) is 33.3. The van der Waals surface area contributed by atoms with Gasteiger partial charge in [0.1, 0.15) is 22.8 Å². The number of aromatic amines is 1. The Morgan fingerprint density at radius 3 is 2.53 bits per heavy atom. The van der Waals surface area contributed by atoms with Gasteiger partial charge in [0.05, 0.1) is 35.6 Å². The number of rotatable bonds is 11. The molecule has 45 heavy (non-hydrogen) atoms. The van der Waals surface area contributed by atoms with Crippen LogP contribution in [0.1, 0.15) is 41.3 Å². The maximum atomic E-state index is 15.0. The Morgan fingerprint density at radius 1 is 1.20 bits per heavy atom. The number of aliphatic hydroxyl groups excluding tert-OH is 1. The van der Waals surface area contributed by atoms with Gasteiger partial charge in [-0.3, -0.25) is 9.59 Å². The van der Waals surface area contributed by atoms with E-state index in [-0.39, 0.29) is 35.7 Å². The van der Waals surface area contributed by atoms with Crippen molar-refractivity contribution < 1.29 is 40.6 Å². The van der Waals surface area contributed by atoms with Crippen LogP contribution >= 0.6 is 0 Å². The summed E-state index contributed by atoms with van der Waals surface area (Å²) in [5.41, 5.74) is -4.82. The monoisotopic (exact) mass is 644 g/mol. The van der Waals surface area contributed by atoms with Crippen LogP contribution in [0.2, 0.25) is 0 Å². The first-order chi connectivity index (χ1) is 21.1. The second-order valence-electron chi connectivity index (χ2n) is 10.4. The van der Waals surface area contributed by atoms with Crippen LogP contribution in [-0.4, -0.2) is 81.6 Å². The lowest BCUT2D eigenvalue weighted by Crippen LogP contribution is -2.51. The lowest BCUT2D eigenvalue weighted by Gasteiger charge is -2.38. The van der Waals surface area contributed by atoms with Gasteiger partial charge in [0, 0.05) is 44.5 Å². The number of alkyl halides is 6. The zero-order valence-electron chi connectivity index (χ0n) is 23.7. The van der Waals surface area contributed by atoms with Crippen molar-refractivity contribution >= 4 is 29.8 Å². The maximum absolute atomic E-state index is 15.0. The van der Waals surface area contributed by atoms with Gasteiger partial charge in [-0.25, -0.2) is 24.4 Å². The van der Waals surface area contributed by atoms with Crippen molar-refractivity contribution in [2.45, 2.75) is 44.3 Å². The highest BCUT2D eigenvalue weighted by atomic mass is 19.4. The minimum Gasteiger partial charge on any atom is -0.389 e. The Morgan fingerprint density at radius 2 is 1.91 bits per heavy atom. The lowest BCUT2D eigenvalue weighted by molar-refractivity contribution is -0.138.